The number of amides is 3. The predicted octanol–water partition coefficient (Wildman–Crippen LogP) is 2.20. The molecule has 0 bridgehead atoms. The lowest BCUT2D eigenvalue weighted by Crippen LogP contribution is -2.53. The topological polar surface area (TPSA) is 81.9 Å². The molecule has 3 rings (SSSR count). The summed E-state index contributed by atoms with van der Waals surface area (Å²) < 4.78 is 67.6. The third-order valence-corrected chi connectivity index (χ3v) is 5.64. The highest BCUT2D eigenvalue weighted by molar-refractivity contribution is 5.99. The van der Waals surface area contributed by atoms with Gasteiger partial charge in [0.1, 0.15) is 6.04 Å². The van der Waals surface area contributed by atoms with Gasteiger partial charge in [0.2, 0.25) is 5.91 Å². The first-order valence-electron chi connectivity index (χ1n) is 9.85. The highest BCUT2D eigenvalue weighted by atomic mass is 19.4. The Morgan fingerprint density at radius 3 is 2.48 bits per heavy atom. The molecule has 2 fully saturated rings. The number of benzene rings is 1. The number of likely N-dealkylation sites (N-methyl/N-ethyl adjacent to an activating group) is 1. The fourth-order valence-corrected chi connectivity index (χ4v) is 4.13. The van der Waals surface area contributed by atoms with Crippen LogP contribution < -0.4 is 20.9 Å². The normalized spacial score (nSPS) is 22.4. The van der Waals surface area contributed by atoms with E-state index in [1.807, 2.05) is 0 Å². The molecule has 1 unspecified atom stereocenters. The number of piperidine rings is 1. The molecular weight excluding hydrogens is 425 g/mol. The predicted molar refractivity (Wildman–Crippen MR) is 104 cm³/mol. The van der Waals surface area contributed by atoms with Gasteiger partial charge in [-0.15, -0.1) is 0 Å². The lowest BCUT2D eigenvalue weighted by molar-refractivity contribution is -0.146. The molecule has 1 aromatic carbocycles. The van der Waals surface area contributed by atoms with Crippen LogP contribution in [0.3, 0.4) is 0 Å². The van der Waals surface area contributed by atoms with E-state index < -0.39 is 48.4 Å². The van der Waals surface area contributed by atoms with E-state index in [4.69, 9.17) is 5.73 Å². The molecule has 2 atom stereocenters. The van der Waals surface area contributed by atoms with Crippen molar-refractivity contribution in [1.29, 1.82) is 0 Å². The summed E-state index contributed by atoms with van der Waals surface area (Å²) in [5, 5.41) is 2.29. The highest BCUT2D eigenvalue weighted by Crippen LogP contribution is 2.33. The molecule has 0 aliphatic carbocycles. The van der Waals surface area contributed by atoms with Gasteiger partial charge in [0, 0.05) is 25.7 Å². The molecule has 12 heteroatoms. The minimum absolute atomic E-state index is 0.0690. The van der Waals surface area contributed by atoms with Crippen LogP contribution in [0.4, 0.5) is 38.1 Å². The number of primary amides is 1. The van der Waals surface area contributed by atoms with E-state index in [1.54, 1.807) is 0 Å². The van der Waals surface area contributed by atoms with Crippen molar-refractivity contribution < 1.29 is 31.5 Å². The zero-order valence-electron chi connectivity index (χ0n) is 16.9. The van der Waals surface area contributed by atoms with Crippen molar-refractivity contribution >= 4 is 23.3 Å². The van der Waals surface area contributed by atoms with Gasteiger partial charge in [0.25, 0.3) is 0 Å². The average Bonchev–Trinajstić information content (AvgIpc) is 3.14. The number of carbonyl (C=O) groups excluding carboxylic acids is 2. The fraction of sp³-hybridized carbons (Fsp3) is 0.579. The van der Waals surface area contributed by atoms with Gasteiger partial charge in [-0.3, -0.25) is 9.69 Å². The Morgan fingerprint density at radius 2 is 1.84 bits per heavy atom. The molecular formula is C19H24F5N5O2. The Bertz CT molecular complexity index is 850. The van der Waals surface area contributed by atoms with Crippen molar-refractivity contribution in [2.24, 2.45) is 5.73 Å². The number of carbonyl (C=O) groups is 2. The van der Waals surface area contributed by atoms with Crippen LogP contribution in [0, 0.1) is 11.6 Å². The maximum atomic E-state index is 14.9. The third-order valence-electron chi connectivity index (χ3n) is 5.64. The molecule has 0 aromatic heterocycles. The Morgan fingerprint density at radius 1 is 1.19 bits per heavy atom. The molecule has 3 amide bonds. The second-order valence-corrected chi connectivity index (χ2v) is 7.84. The quantitative estimate of drug-likeness (QED) is 0.676. The van der Waals surface area contributed by atoms with Gasteiger partial charge in [-0.05, 0) is 38.4 Å². The number of hydrogen-bond donors (Lipinski definition) is 2. The third kappa shape index (κ3) is 5.17. The summed E-state index contributed by atoms with van der Waals surface area (Å²) in [6.07, 6.45) is -3.18. The second-order valence-electron chi connectivity index (χ2n) is 7.84. The molecule has 0 spiro atoms. The number of nitrogens with two attached hydrogens (primary N) is 1. The molecule has 31 heavy (non-hydrogen) atoms. The van der Waals surface area contributed by atoms with Gasteiger partial charge in [0.05, 0.1) is 17.9 Å². The van der Waals surface area contributed by atoms with Crippen LogP contribution in [0.5, 0.6) is 0 Å². The zero-order chi connectivity index (χ0) is 22.9. The maximum absolute atomic E-state index is 14.9. The SMILES string of the molecule is CN(CC(F)(F)F)C1CCN(c2ccc(N3CCC[C@@H](NC(N)=O)C3=O)c(F)c2F)C1. The summed E-state index contributed by atoms with van der Waals surface area (Å²) in [4.78, 5) is 27.3. The first-order chi connectivity index (χ1) is 14.5. The van der Waals surface area contributed by atoms with Crippen LogP contribution >= 0.6 is 0 Å². The Kier molecular flexibility index (Phi) is 6.58. The number of nitrogens with one attached hydrogen (secondary N) is 1. The first-order valence-corrected chi connectivity index (χ1v) is 9.85. The highest BCUT2D eigenvalue weighted by Gasteiger charge is 2.36. The van der Waals surface area contributed by atoms with E-state index in [0.717, 1.165) is 9.80 Å². The zero-order valence-corrected chi connectivity index (χ0v) is 16.9. The lowest BCUT2D eigenvalue weighted by atomic mass is 10.0. The number of urea groups is 1. The molecule has 2 aliphatic rings. The van der Waals surface area contributed by atoms with Gasteiger partial charge in [-0.25, -0.2) is 13.6 Å². The van der Waals surface area contributed by atoms with Crippen molar-refractivity contribution in [2.45, 2.75) is 37.5 Å². The molecule has 2 heterocycles. The van der Waals surface area contributed by atoms with Gasteiger partial charge in [0.15, 0.2) is 11.6 Å². The first kappa shape index (κ1) is 23.0. The van der Waals surface area contributed by atoms with Crippen LogP contribution in [-0.4, -0.2) is 68.3 Å². The van der Waals surface area contributed by atoms with E-state index in [0.29, 0.717) is 19.3 Å². The average molecular weight is 449 g/mol. The van der Waals surface area contributed by atoms with Crippen molar-refractivity contribution in [3.05, 3.63) is 23.8 Å². The van der Waals surface area contributed by atoms with Crippen LogP contribution in [0.25, 0.3) is 0 Å². The number of anilines is 2. The van der Waals surface area contributed by atoms with Crippen molar-refractivity contribution in [2.75, 3.05) is 43.0 Å². The van der Waals surface area contributed by atoms with Crippen molar-refractivity contribution in [3.8, 4) is 0 Å². The van der Waals surface area contributed by atoms with E-state index in [-0.39, 0.29) is 31.0 Å². The molecule has 0 saturated carbocycles. The smallest absolute Gasteiger partial charge is 0.367 e. The Labute approximate surface area is 175 Å². The molecule has 3 N–H and O–H groups in total. The van der Waals surface area contributed by atoms with Crippen molar-refractivity contribution in [3.63, 3.8) is 0 Å². The Hall–Kier alpha value is -2.63. The minimum Gasteiger partial charge on any atom is -0.367 e. The summed E-state index contributed by atoms with van der Waals surface area (Å²) in [6, 6.07) is 0.329. The molecule has 2 aliphatic heterocycles. The molecule has 1 aromatic rings. The summed E-state index contributed by atoms with van der Waals surface area (Å²) in [7, 11) is 1.35. The van der Waals surface area contributed by atoms with E-state index in [1.165, 1.54) is 24.1 Å². The molecule has 7 nitrogen and oxygen atoms in total. The number of alkyl halides is 3. The van der Waals surface area contributed by atoms with E-state index in [9.17, 15) is 31.5 Å². The van der Waals surface area contributed by atoms with Gasteiger partial charge < -0.3 is 20.9 Å². The monoisotopic (exact) mass is 449 g/mol. The van der Waals surface area contributed by atoms with Crippen LogP contribution in [0.1, 0.15) is 19.3 Å². The molecule has 0 radical (unpaired) electrons. The van der Waals surface area contributed by atoms with Crippen LogP contribution in [0.2, 0.25) is 0 Å². The van der Waals surface area contributed by atoms with Gasteiger partial charge >= 0.3 is 12.2 Å². The summed E-state index contributed by atoms with van der Waals surface area (Å²) in [5.74, 6) is -2.99. The van der Waals surface area contributed by atoms with E-state index >= 15 is 0 Å². The number of nitrogens with zero attached hydrogens (tertiary/aromatic N) is 3. The molecule has 172 valence electrons. The number of rotatable bonds is 5. The Balaban J connectivity index is 1.75. The summed E-state index contributed by atoms with van der Waals surface area (Å²) >= 11 is 0. The van der Waals surface area contributed by atoms with Crippen LogP contribution in [-0.2, 0) is 4.79 Å². The number of hydrogen-bond acceptors (Lipinski definition) is 4. The lowest BCUT2D eigenvalue weighted by Gasteiger charge is -2.33. The molecule has 2 saturated heterocycles. The minimum atomic E-state index is -4.34. The standard InChI is InChI=1S/C19H24F5N5O2/c1-27(10-19(22,23)24)11-6-8-28(9-11)13-4-5-14(16(21)15(13)20)29-7-2-3-12(17(29)30)26-18(25)31/h4-5,11-12H,2-3,6-10H2,1H3,(H3,25,26,31)/t11?,12-/m1/s1. The van der Waals surface area contributed by atoms with Gasteiger partial charge in [-0.1, -0.05) is 0 Å². The van der Waals surface area contributed by atoms with Crippen LogP contribution in [0.15, 0.2) is 12.1 Å². The number of halogens is 5. The van der Waals surface area contributed by atoms with Crippen molar-refractivity contribution in [1.82, 2.24) is 10.2 Å². The maximum Gasteiger partial charge on any atom is 0.401 e. The van der Waals surface area contributed by atoms with Gasteiger partial charge in [-0.2, -0.15) is 13.2 Å². The fourth-order valence-electron chi connectivity index (χ4n) is 4.13. The summed E-state index contributed by atoms with van der Waals surface area (Å²) in [6.45, 7) is -0.538. The summed E-state index contributed by atoms with van der Waals surface area (Å²) in [5.41, 5.74) is 4.73. The second kappa shape index (κ2) is 8.85. The van der Waals surface area contributed by atoms with E-state index in [2.05, 4.69) is 5.32 Å². The largest absolute Gasteiger partial charge is 0.401 e.